The molecule has 0 saturated carbocycles. The van der Waals surface area contributed by atoms with Crippen molar-refractivity contribution in [2.75, 3.05) is 39.3 Å². The standard InChI is InChI=1S/C20H31N3/c1-3-18(19-5-9-21-10-6-19)4-2-16(1)13-17-8-12-23(15-17)20-7-11-22-14-20/h1-4,17,19-22H,5-15H2. The molecule has 4 rings (SSSR count). The molecule has 2 N–H and O–H groups in total. The van der Waals surface area contributed by atoms with Crippen molar-refractivity contribution in [3.05, 3.63) is 35.4 Å². The molecule has 0 bridgehead atoms. The molecule has 0 radical (unpaired) electrons. The lowest BCUT2D eigenvalue weighted by molar-refractivity contribution is 0.248. The molecule has 3 saturated heterocycles. The zero-order valence-electron chi connectivity index (χ0n) is 14.3. The second-order valence-electron chi connectivity index (χ2n) is 7.77. The van der Waals surface area contributed by atoms with Crippen LogP contribution in [-0.4, -0.2) is 50.2 Å². The van der Waals surface area contributed by atoms with Gasteiger partial charge < -0.3 is 10.6 Å². The fraction of sp³-hybridized carbons (Fsp3) is 0.700. The summed E-state index contributed by atoms with van der Waals surface area (Å²) in [6.45, 7) is 7.40. The van der Waals surface area contributed by atoms with Crippen molar-refractivity contribution < 1.29 is 0 Å². The van der Waals surface area contributed by atoms with Crippen LogP contribution in [0.25, 0.3) is 0 Å². The number of benzene rings is 1. The minimum atomic E-state index is 0.780. The Labute approximate surface area is 140 Å². The van der Waals surface area contributed by atoms with E-state index in [-0.39, 0.29) is 0 Å². The predicted molar refractivity (Wildman–Crippen MR) is 95.9 cm³/mol. The van der Waals surface area contributed by atoms with E-state index in [1.165, 1.54) is 71.4 Å². The smallest absolute Gasteiger partial charge is 0.0232 e. The van der Waals surface area contributed by atoms with Crippen molar-refractivity contribution in [3.63, 3.8) is 0 Å². The predicted octanol–water partition coefficient (Wildman–Crippen LogP) is 2.38. The van der Waals surface area contributed by atoms with E-state index < -0.39 is 0 Å². The van der Waals surface area contributed by atoms with Gasteiger partial charge in [0.05, 0.1) is 0 Å². The van der Waals surface area contributed by atoms with Gasteiger partial charge in [-0.15, -0.1) is 0 Å². The highest BCUT2D eigenvalue weighted by atomic mass is 15.2. The number of nitrogens with one attached hydrogen (secondary N) is 2. The van der Waals surface area contributed by atoms with Gasteiger partial charge in [-0.25, -0.2) is 0 Å². The van der Waals surface area contributed by atoms with Gasteiger partial charge in [-0.05, 0) is 81.2 Å². The first-order chi connectivity index (χ1) is 11.4. The van der Waals surface area contributed by atoms with Crippen molar-refractivity contribution in [1.29, 1.82) is 0 Å². The number of likely N-dealkylation sites (tertiary alicyclic amines) is 1. The Hall–Kier alpha value is -0.900. The zero-order valence-corrected chi connectivity index (χ0v) is 14.3. The SMILES string of the molecule is c1cc(C2CCNCC2)ccc1CC1CCN(C2CCNC2)C1. The number of piperidine rings is 1. The first-order valence-corrected chi connectivity index (χ1v) is 9.63. The van der Waals surface area contributed by atoms with Gasteiger partial charge in [0, 0.05) is 19.1 Å². The summed E-state index contributed by atoms with van der Waals surface area (Å²) in [5.41, 5.74) is 3.10. The molecule has 0 spiro atoms. The third-order valence-electron chi connectivity index (χ3n) is 6.18. The Bertz CT molecular complexity index is 486. The van der Waals surface area contributed by atoms with E-state index in [1.807, 2.05) is 0 Å². The molecule has 0 aromatic heterocycles. The summed E-state index contributed by atoms with van der Waals surface area (Å²) in [4.78, 5) is 2.73. The molecule has 2 atom stereocenters. The van der Waals surface area contributed by atoms with E-state index in [2.05, 4.69) is 39.8 Å². The Morgan fingerprint density at radius 2 is 1.70 bits per heavy atom. The topological polar surface area (TPSA) is 27.3 Å². The van der Waals surface area contributed by atoms with Crippen LogP contribution in [0.3, 0.4) is 0 Å². The lowest BCUT2D eigenvalue weighted by Crippen LogP contribution is -2.35. The molecule has 3 heterocycles. The van der Waals surface area contributed by atoms with E-state index in [9.17, 15) is 0 Å². The van der Waals surface area contributed by atoms with Gasteiger partial charge in [0.2, 0.25) is 0 Å². The molecule has 23 heavy (non-hydrogen) atoms. The summed E-state index contributed by atoms with van der Waals surface area (Å²) < 4.78 is 0. The van der Waals surface area contributed by atoms with Crippen molar-refractivity contribution in [3.8, 4) is 0 Å². The minimum absolute atomic E-state index is 0.780. The molecule has 3 aliphatic heterocycles. The average Bonchev–Trinajstić information content (AvgIpc) is 3.28. The molecule has 126 valence electrons. The first-order valence-electron chi connectivity index (χ1n) is 9.63. The summed E-state index contributed by atoms with van der Waals surface area (Å²) in [5, 5.41) is 6.97. The van der Waals surface area contributed by atoms with Crippen LogP contribution in [0.5, 0.6) is 0 Å². The number of hydrogen-bond donors (Lipinski definition) is 2. The molecular formula is C20H31N3. The molecule has 0 aliphatic carbocycles. The fourth-order valence-corrected chi connectivity index (χ4v) is 4.73. The summed E-state index contributed by atoms with van der Waals surface area (Å²) in [5.74, 6) is 1.64. The summed E-state index contributed by atoms with van der Waals surface area (Å²) in [6.07, 6.45) is 6.59. The first kappa shape index (κ1) is 15.6. The van der Waals surface area contributed by atoms with E-state index in [0.717, 1.165) is 17.9 Å². The summed E-state index contributed by atoms with van der Waals surface area (Å²) in [6, 6.07) is 10.4. The quantitative estimate of drug-likeness (QED) is 0.894. The number of rotatable bonds is 4. The minimum Gasteiger partial charge on any atom is -0.317 e. The second kappa shape index (κ2) is 7.33. The summed E-state index contributed by atoms with van der Waals surface area (Å²) in [7, 11) is 0. The Balaban J connectivity index is 1.30. The Kier molecular flexibility index (Phi) is 4.98. The molecule has 3 aliphatic rings. The van der Waals surface area contributed by atoms with Gasteiger partial charge >= 0.3 is 0 Å². The Morgan fingerprint density at radius 3 is 2.43 bits per heavy atom. The maximum Gasteiger partial charge on any atom is 0.0232 e. The number of nitrogens with zero attached hydrogens (tertiary/aromatic N) is 1. The van der Waals surface area contributed by atoms with Crippen LogP contribution in [0.4, 0.5) is 0 Å². The van der Waals surface area contributed by atoms with Crippen LogP contribution < -0.4 is 10.6 Å². The lowest BCUT2D eigenvalue weighted by atomic mass is 9.89. The maximum atomic E-state index is 3.50. The lowest BCUT2D eigenvalue weighted by Gasteiger charge is -2.23. The van der Waals surface area contributed by atoms with Gasteiger partial charge in [0.1, 0.15) is 0 Å². The van der Waals surface area contributed by atoms with Gasteiger partial charge in [0.15, 0.2) is 0 Å². The highest BCUT2D eigenvalue weighted by molar-refractivity contribution is 5.26. The molecule has 0 amide bonds. The molecule has 2 unspecified atom stereocenters. The van der Waals surface area contributed by atoms with Crippen molar-refractivity contribution in [2.45, 2.75) is 44.1 Å². The van der Waals surface area contributed by atoms with Gasteiger partial charge in [0.25, 0.3) is 0 Å². The van der Waals surface area contributed by atoms with Gasteiger partial charge in [-0.3, -0.25) is 4.90 Å². The molecular weight excluding hydrogens is 282 g/mol. The van der Waals surface area contributed by atoms with Crippen LogP contribution in [-0.2, 0) is 6.42 Å². The number of hydrogen-bond acceptors (Lipinski definition) is 3. The largest absolute Gasteiger partial charge is 0.317 e. The molecule has 1 aromatic carbocycles. The highest BCUT2D eigenvalue weighted by Gasteiger charge is 2.29. The Morgan fingerprint density at radius 1 is 0.913 bits per heavy atom. The molecule has 1 aromatic rings. The van der Waals surface area contributed by atoms with Gasteiger partial charge in [-0.1, -0.05) is 24.3 Å². The average molecular weight is 313 g/mol. The van der Waals surface area contributed by atoms with Crippen molar-refractivity contribution in [2.24, 2.45) is 5.92 Å². The highest BCUT2D eigenvalue weighted by Crippen LogP contribution is 2.27. The van der Waals surface area contributed by atoms with Crippen LogP contribution in [0.2, 0.25) is 0 Å². The normalized spacial score (nSPS) is 30.1. The second-order valence-corrected chi connectivity index (χ2v) is 7.77. The van der Waals surface area contributed by atoms with E-state index >= 15 is 0 Å². The zero-order chi connectivity index (χ0) is 15.5. The van der Waals surface area contributed by atoms with E-state index in [1.54, 1.807) is 11.1 Å². The van der Waals surface area contributed by atoms with Crippen LogP contribution >= 0.6 is 0 Å². The monoisotopic (exact) mass is 313 g/mol. The third-order valence-corrected chi connectivity index (χ3v) is 6.18. The molecule has 3 heteroatoms. The maximum absolute atomic E-state index is 3.50. The van der Waals surface area contributed by atoms with Crippen LogP contribution in [0.1, 0.15) is 42.7 Å². The third kappa shape index (κ3) is 3.78. The van der Waals surface area contributed by atoms with Gasteiger partial charge in [-0.2, -0.15) is 0 Å². The molecule has 3 fully saturated rings. The van der Waals surface area contributed by atoms with E-state index in [0.29, 0.717) is 0 Å². The van der Waals surface area contributed by atoms with Crippen LogP contribution in [0.15, 0.2) is 24.3 Å². The van der Waals surface area contributed by atoms with E-state index in [4.69, 9.17) is 0 Å². The summed E-state index contributed by atoms with van der Waals surface area (Å²) >= 11 is 0. The van der Waals surface area contributed by atoms with Crippen molar-refractivity contribution >= 4 is 0 Å². The van der Waals surface area contributed by atoms with Crippen LogP contribution in [0, 0.1) is 5.92 Å². The fourth-order valence-electron chi connectivity index (χ4n) is 4.73. The molecule has 3 nitrogen and oxygen atoms in total. The van der Waals surface area contributed by atoms with Crippen molar-refractivity contribution in [1.82, 2.24) is 15.5 Å².